The molecular formula is C22H13BrCl2N2O2. The smallest absolute Gasteiger partial charge is 0.294 e. The average molecular weight is 488 g/mol. The summed E-state index contributed by atoms with van der Waals surface area (Å²) in [6.07, 6.45) is 0. The number of aromatic nitrogens is 1. The number of benzene rings is 3. The van der Waals surface area contributed by atoms with Crippen molar-refractivity contribution in [2.45, 2.75) is 0 Å². The number of rotatable bonds is 4. The fraction of sp³-hybridized carbons (Fsp3) is 0. The van der Waals surface area contributed by atoms with Gasteiger partial charge >= 0.3 is 0 Å². The van der Waals surface area contributed by atoms with E-state index in [-0.39, 0.29) is 11.7 Å². The van der Waals surface area contributed by atoms with Gasteiger partial charge in [0.05, 0.1) is 10.0 Å². The van der Waals surface area contributed by atoms with Crippen molar-refractivity contribution < 1.29 is 9.32 Å². The average Bonchev–Trinajstić information content (AvgIpc) is 3.21. The van der Waals surface area contributed by atoms with Crippen molar-refractivity contribution in [2.75, 3.05) is 5.32 Å². The highest BCUT2D eigenvalue weighted by Gasteiger charge is 2.15. The second kappa shape index (κ2) is 8.41. The number of hydrogen-bond acceptors (Lipinski definition) is 3. The van der Waals surface area contributed by atoms with Crippen LogP contribution < -0.4 is 5.32 Å². The molecular weight excluding hydrogens is 475 g/mol. The Morgan fingerprint density at radius 2 is 1.59 bits per heavy atom. The minimum absolute atomic E-state index is 0.128. The molecule has 1 aromatic heterocycles. The summed E-state index contributed by atoms with van der Waals surface area (Å²) in [6.45, 7) is 0. The van der Waals surface area contributed by atoms with Gasteiger partial charge in [0.1, 0.15) is 5.69 Å². The molecule has 1 amide bonds. The summed E-state index contributed by atoms with van der Waals surface area (Å²) >= 11 is 15.5. The van der Waals surface area contributed by atoms with Crippen molar-refractivity contribution in [3.63, 3.8) is 0 Å². The van der Waals surface area contributed by atoms with E-state index < -0.39 is 0 Å². The van der Waals surface area contributed by atoms with Gasteiger partial charge in [-0.2, -0.15) is 0 Å². The zero-order chi connectivity index (χ0) is 20.4. The van der Waals surface area contributed by atoms with Gasteiger partial charge in [-0.15, -0.1) is 0 Å². The molecule has 0 bridgehead atoms. The fourth-order valence-corrected chi connectivity index (χ4v) is 3.35. The third-order valence-electron chi connectivity index (χ3n) is 4.25. The molecule has 1 heterocycles. The summed E-state index contributed by atoms with van der Waals surface area (Å²) < 4.78 is 6.18. The van der Waals surface area contributed by atoms with Gasteiger partial charge in [-0.3, -0.25) is 4.79 Å². The van der Waals surface area contributed by atoms with E-state index in [1.54, 1.807) is 24.3 Å². The van der Waals surface area contributed by atoms with Crippen molar-refractivity contribution in [3.05, 3.63) is 93.1 Å². The van der Waals surface area contributed by atoms with E-state index in [0.717, 1.165) is 21.2 Å². The van der Waals surface area contributed by atoms with Crippen LogP contribution >= 0.6 is 39.1 Å². The second-order valence-corrected chi connectivity index (χ2v) is 7.98. The number of halogens is 3. The van der Waals surface area contributed by atoms with Crippen molar-refractivity contribution in [1.82, 2.24) is 5.16 Å². The van der Waals surface area contributed by atoms with Crippen LogP contribution in [-0.4, -0.2) is 11.1 Å². The zero-order valence-electron chi connectivity index (χ0n) is 14.8. The molecule has 0 aliphatic carbocycles. The molecule has 7 heteroatoms. The Hall–Kier alpha value is -2.60. The highest BCUT2D eigenvalue weighted by atomic mass is 79.9. The minimum Gasteiger partial charge on any atom is -0.350 e. The molecule has 0 saturated carbocycles. The fourth-order valence-electron chi connectivity index (χ4n) is 2.78. The molecule has 0 aliphatic heterocycles. The Labute approximate surface area is 185 Å². The lowest BCUT2D eigenvalue weighted by molar-refractivity contribution is 0.0988. The van der Waals surface area contributed by atoms with Crippen LogP contribution in [0.3, 0.4) is 0 Å². The van der Waals surface area contributed by atoms with E-state index in [1.165, 1.54) is 0 Å². The largest absolute Gasteiger partial charge is 0.350 e. The third kappa shape index (κ3) is 4.53. The molecule has 1 N–H and O–H groups in total. The minimum atomic E-state index is -0.382. The van der Waals surface area contributed by atoms with Gasteiger partial charge < -0.3 is 9.84 Å². The maximum absolute atomic E-state index is 12.6. The quantitative estimate of drug-likeness (QED) is 0.327. The van der Waals surface area contributed by atoms with Crippen molar-refractivity contribution in [2.24, 2.45) is 0 Å². The van der Waals surface area contributed by atoms with Gasteiger partial charge in [0.15, 0.2) is 0 Å². The SMILES string of the molecule is O=C(Nc1cccc(-c2ccc(Cl)c(Cl)c2)c1)c1cc(-c2ccc(Br)cc2)no1. The lowest BCUT2D eigenvalue weighted by atomic mass is 10.1. The first kappa shape index (κ1) is 19.7. The number of carbonyl (C=O) groups is 1. The topological polar surface area (TPSA) is 55.1 Å². The number of amides is 1. The Morgan fingerprint density at radius 1 is 0.862 bits per heavy atom. The van der Waals surface area contributed by atoms with Crippen LogP contribution in [0.4, 0.5) is 5.69 Å². The Bertz CT molecular complexity index is 1190. The molecule has 0 aliphatic rings. The highest BCUT2D eigenvalue weighted by Crippen LogP contribution is 2.30. The molecule has 4 nitrogen and oxygen atoms in total. The molecule has 0 spiro atoms. The molecule has 4 rings (SSSR count). The summed E-state index contributed by atoms with van der Waals surface area (Å²) in [5, 5.41) is 7.78. The van der Waals surface area contributed by atoms with E-state index in [4.69, 9.17) is 27.7 Å². The van der Waals surface area contributed by atoms with Gasteiger partial charge in [-0.25, -0.2) is 0 Å². The first-order valence-corrected chi connectivity index (χ1v) is 10.1. The summed E-state index contributed by atoms with van der Waals surface area (Å²) in [6, 6.07) is 22.0. The van der Waals surface area contributed by atoms with Gasteiger partial charge in [0.25, 0.3) is 5.91 Å². The molecule has 3 aromatic carbocycles. The zero-order valence-corrected chi connectivity index (χ0v) is 17.9. The number of nitrogens with zero attached hydrogens (tertiary/aromatic N) is 1. The Kier molecular flexibility index (Phi) is 5.72. The number of hydrogen-bond donors (Lipinski definition) is 1. The van der Waals surface area contributed by atoms with E-state index in [9.17, 15) is 4.79 Å². The number of anilines is 1. The normalized spacial score (nSPS) is 10.7. The van der Waals surface area contributed by atoms with Gasteiger partial charge in [0, 0.05) is 21.8 Å². The molecule has 144 valence electrons. The first-order chi connectivity index (χ1) is 14.0. The monoisotopic (exact) mass is 486 g/mol. The second-order valence-electron chi connectivity index (χ2n) is 6.25. The maximum atomic E-state index is 12.6. The van der Waals surface area contributed by atoms with Crippen molar-refractivity contribution >= 4 is 50.7 Å². The molecule has 0 radical (unpaired) electrons. The van der Waals surface area contributed by atoms with Crippen LogP contribution in [0.25, 0.3) is 22.4 Å². The van der Waals surface area contributed by atoms with E-state index in [0.29, 0.717) is 21.4 Å². The molecule has 0 unspecified atom stereocenters. The molecule has 0 fully saturated rings. The first-order valence-electron chi connectivity index (χ1n) is 8.59. The summed E-state index contributed by atoms with van der Waals surface area (Å²) in [5.74, 6) is -0.255. The summed E-state index contributed by atoms with van der Waals surface area (Å²) in [4.78, 5) is 12.6. The lowest BCUT2D eigenvalue weighted by Crippen LogP contribution is -2.10. The predicted octanol–water partition coefficient (Wildman–Crippen LogP) is 7.33. The Morgan fingerprint density at radius 3 is 2.34 bits per heavy atom. The van der Waals surface area contributed by atoms with Crippen molar-refractivity contribution in [3.8, 4) is 22.4 Å². The van der Waals surface area contributed by atoms with E-state index >= 15 is 0 Å². The van der Waals surface area contributed by atoms with Crippen LogP contribution in [0.1, 0.15) is 10.6 Å². The number of carbonyl (C=O) groups excluding carboxylic acids is 1. The Balaban J connectivity index is 1.53. The van der Waals surface area contributed by atoms with Crippen LogP contribution in [0, 0.1) is 0 Å². The maximum Gasteiger partial charge on any atom is 0.294 e. The van der Waals surface area contributed by atoms with Crippen molar-refractivity contribution in [1.29, 1.82) is 0 Å². The summed E-state index contributed by atoms with van der Waals surface area (Å²) in [7, 11) is 0. The lowest BCUT2D eigenvalue weighted by Gasteiger charge is -2.07. The van der Waals surface area contributed by atoms with Crippen LogP contribution in [-0.2, 0) is 0 Å². The third-order valence-corrected chi connectivity index (χ3v) is 5.52. The summed E-state index contributed by atoms with van der Waals surface area (Å²) in [5.41, 5.74) is 3.87. The predicted molar refractivity (Wildman–Crippen MR) is 119 cm³/mol. The van der Waals surface area contributed by atoms with Crippen LogP contribution in [0.2, 0.25) is 10.0 Å². The van der Waals surface area contributed by atoms with Gasteiger partial charge in [0.2, 0.25) is 5.76 Å². The van der Waals surface area contributed by atoms with Crippen LogP contribution in [0.5, 0.6) is 0 Å². The van der Waals surface area contributed by atoms with Gasteiger partial charge in [-0.05, 0) is 47.5 Å². The number of nitrogens with one attached hydrogen (secondary N) is 1. The highest BCUT2D eigenvalue weighted by molar-refractivity contribution is 9.10. The van der Waals surface area contributed by atoms with E-state index in [2.05, 4.69) is 26.4 Å². The standard InChI is InChI=1S/C22H13BrCl2N2O2/c23-16-7-4-13(5-8-16)20-12-21(29-27-20)22(28)26-17-3-1-2-14(10-17)15-6-9-18(24)19(25)11-15/h1-12H,(H,26,28). The molecule has 29 heavy (non-hydrogen) atoms. The molecule has 0 atom stereocenters. The van der Waals surface area contributed by atoms with Crippen LogP contribution in [0.15, 0.2) is 81.8 Å². The van der Waals surface area contributed by atoms with E-state index in [1.807, 2.05) is 48.5 Å². The molecule has 0 saturated heterocycles. The van der Waals surface area contributed by atoms with Gasteiger partial charge in [-0.1, -0.05) is 74.6 Å². The molecule has 4 aromatic rings.